The first-order valence-electron chi connectivity index (χ1n) is 7.20. The number of rotatable bonds is 5. The molecular formula is C18H21N3. The zero-order chi connectivity index (χ0) is 15.2. The topological polar surface area (TPSA) is 53.0 Å². The van der Waals surface area contributed by atoms with Crippen LogP contribution in [0.25, 0.3) is 0 Å². The van der Waals surface area contributed by atoms with Gasteiger partial charge < -0.3 is 10.6 Å². The molecule has 2 aromatic carbocycles. The summed E-state index contributed by atoms with van der Waals surface area (Å²) in [7, 11) is 2.06. The van der Waals surface area contributed by atoms with E-state index in [4.69, 9.17) is 11.0 Å². The van der Waals surface area contributed by atoms with Crippen molar-refractivity contribution >= 4 is 5.69 Å². The molecule has 3 heteroatoms. The van der Waals surface area contributed by atoms with E-state index in [1.54, 1.807) is 0 Å². The van der Waals surface area contributed by atoms with Crippen LogP contribution < -0.4 is 10.6 Å². The van der Waals surface area contributed by atoms with E-state index in [0.717, 1.165) is 24.2 Å². The molecule has 0 aliphatic rings. The number of hydrogen-bond donors (Lipinski definition) is 1. The van der Waals surface area contributed by atoms with Crippen molar-refractivity contribution in [2.24, 2.45) is 5.73 Å². The van der Waals surface area contributed by atoms with Crippen molar-refractivity contribution in [2.75, 3.05) is 11.9 Å². The molecule has 0 aliphatic carbocycles. The first-order chi connectivity index (χ1) is 10.2. The fraction of sp³-hybridized carbons (Fsp3) is 0.278. The molecule has 0 saturated heterocycles. The van der Waals surface area contributed by atoms with Crippen LogP contribution in [0, 0.1) is 11.3 Å². The largest absolute Gasteiger partial charge is 0.370 e. The van der Waals surface area contributed by atoms with Crippen molar-refractivity contribution in [3.63, 3.8) is 0 Å². The number of nitriles is 1. The van der Waals surface area contributed by atoms with E-state index in [1.165, 1.54) is 5.56 Å². The molecule has 0 spiro atoms. The second-order valence-corrected chi connectivity index (χ2v) is 5.24. The maximum Gasteiger partial charge on any atom is 0.0991 e. The molecule has 108 valence electrons. The molecule has 2 aromatic rings. The molecule has 21 heavy (non-hydrogen) atoms. The molecule has 1 unspecified atom stereocenters. The van der Waals surface area contributed by atoms with E-state index in [0.29, 0.717) is 5.56 Å². The van der Waals surface area contributed by atoms with Gasteiger partial charge in [0.1, 0.15) is 0 Å². The van der Waals surface area contributed by atoms with Crippen molar-refractivity contribution in [1.29, 1.82) is 5.26 Å². The van der Waals surface area contributed by atoms with Crippen molar-refractivity contribution in [3.8, 4) is 6.07 Å². The third-order valence-electron chi connectivity index (χ3n) is 3.66. The van der Waals surface area contributed by atoms with Gasteiger partial charge in [-0.25, -0.2) is 0 Å². The fourth-order valence-electron chi connectivity index (χ4n) is 2.47. The highest BCUT2D eigenvalue weighted by Crippen LogP contribution is 2.27. The average molecular weight is 279 g/mol. The van der Waals surface area contributed by atoms with E-state index in [-0.39, 0.29) is 6.04 Å². The zero-order valence-electron chi connectivity index (χ0n) is 12.6. The standard InChI is InChI=1S/C18H21N3/c1-3-17(20)16-9-4-5-10-18(16)21(2)13-15-8-6-7-14(11-15)12-19/h4-11,17H,3,13,20H2,1-2H3. The van der Waals surface area contributed by atoms with Gasteiger partial charge in [-0.3, -0.25) is 0 Å². The lowest BCUT2D eigenvalue weighted by Gasteiger charge is -2.25. The highest BCUT2D eigenvalue weighted by atomic mass is 15.1. The number of benzene rings is 2. The molecule has 2 rings (SSSR count). The molecular weight excluding hydrogens is 258 g/mol. The van der Waals surface area contributed by atoms with Crippen LogP contribution in [-0.4, -0.2) is 7.05 Å². The lowest BCUT2D eigenvalue weighted by atomic mass is 10.0. The molecule has 0 amide bonds. The van der Waals surface area contributed by atoms with Gasteiger partial charge in [-0.1, -0.05) is 37.3 Å². The second-order valence-electron chi connectivity index (χ2n) is 5.24. The Kier molecular flexibility index (Phi) is 4.97. The summed E-state index contributed by atoms with van der Waals surface area (Å²) in [6, 6.07) is 18.2. The van der Waals surface area contributed by atoms with Crippen LogP contribution in [0.2, 0.25) is 0 Å². The first-order valence-corrected chi connectivity index (χ1v) is 7.20. The summed E-state index contributed by atoms with van der Waals surface area (Å²) in [4.78, 5) is 2.18. The minimum absolute atomic E-state index is 0.0501. The van der Waals surface area contributed by atoms with Crippen LogP contribution in [0.5, 0.6) is 0 Å². The average Bonchev–Trinajstić information content (AvgIpc) is 2.54. The molecule has 0 aromatic heterocycles. The van der Waals surface area contributed by atoms with Gasteiger partial charge in [0.15, 0.2) is 0 Å². The monoisotopic (exact) mass is 279 g/mol. The molecule has 2 N–H and O–H groups in total. The van der Waals surface area contributed by atoms with Crippen LogP contribution >= 0.6 is 0 Å². The SMILES string of the molecule is CCC(N)c1ccccc1N(C)Cc1cccc(C#N)c1. The first kappa shape index (κ1) is 15.1. The Hall–Kier alpha value is -2.31. The van der Waals surface area contributed by atoms with Crippen LogP contribution in [0.3, 0.4) is 0 Å². The summed E-state index contributed by atoms with van der Waals surface area (Å²) in [6.45, 7) is 2.85. The number of anilines is 1. The smallest absolute Gasteiger partial charge is 0.0991 e. The molecule has 0 fully saturated rings. The summed E-state index contributed by atoms with van der Waals surface area (Å²) in [5.41, 5.74) is 10.3. The van der Waals surface area contributed by atoms with Crippen molar-refractivity contribution in [3.05, 3.63) is 65.2 Å². The summed E-state index contributed by atoms with van der Waals surface area (Å²) in [5.74, 6) is 0. The van der Waals surface area contributed by atoms with Crippen LogP contribution in [0.1, 0.15) is 36.1 Å². The molecule has 0 bridgehead atoms. The molecule has 0 heterocycles. The Bertz CT molecular complexity index is 643. The highest BCUT2D eigenvalue weighted by molar-refractivity contribution is 5.55. The lowest BCUT2D eigenvalue weighted by molar-refractivity contribution is 0.694. The number of nitrogens with zero attached hydrogens (tertiary/aromatic N) is 2. The van der Waals surface area contributed by atoms with E-state index >= 15 is 0 Å². The maximum atomic E-state index is 8.98. The van der Waals surface area contributed by atoms with Crippen molar-refractivity contribution in [2.45, 2.75) is 25.9 Å². The van der Waals surface area contributed by atoms with E-state index in [9.17, 15) is 0 Å². The molecule has 1 atom stereocenters. The summed E-state index contributed by atoms with van der Waals surface area (Å²) in [6.07, 6.45) is 0.911. The van der Waals surface area contributed by atoms with Crippen LogP contribution in [-0.2, 0) is 6.54 Å². The summed E-state index contributed by atoms with van der Waals surface area (Å²) >= 11 is 0. The number of nitrogens with two attached hydrogens (primary N) is 1. The fourth-order valence-corrected chi connectivity index (χ4v) is 2.47. The Morgan fingerprint density at radius 3 is 2.67 bits per heavy atom. The third kappa shape index (κ3) is 3.62. The highest BCUT2D eigenvalue weighted by Gasteiger charge is 2.12. The minimum Gasteiger partial charge on any atom is -0.370 e. The van der Waals surface area contributed by atoms with Gasteiger partial charge in [0.05, 0.1) is 11.6 Å². The predicted molar refractivity (Wildman–Crippen MR) is 86.9 cm³/mol. The van der Waals surface area contributed by atoms with E-state index < -0.39 is 0 Å². The Balaban J connectivity index is 2.24. The van der Waals surface area contributed by atoms with E-state index in [1.807, 2.05) is 36.4 Å². The van der Waals surface area contributed by atoms with Gasteiger partial charge in [-0.15, -0.1) is 0 Å². The van der Waals surface area contributed by atoms with E-state index in [2.05, 4.69) is 37.1 Å². The Labute approximate surface area is 126 Å². The second kappa shape index (κ2) is 6.92. The molecule has 0 aliphatic heterocycles. The quantitative estimate of drug-likeness (QED) is 0.909. The molecule has 0 radical (unpaired) electrons. The predicted octanol–water partition coefficient (Wildman–Crippen LogP) is 3.60. The van der Waals surface area contributed by atoms with Gasteiger partial charge in [0.2, 0.25) is 0 Å². The van der Waals surface area contributed by atoms with Gasteiger partial charge in [0.25, 0.3) is 0 Å². The molecule has 3 nitrogen and oxygen atoms in total. The van der Waals surface area contributed by atoms with Gasteiger partial charge >= 0.3 is 0 Å². The third-order valence-corrected chi connectivity index (χ3v) is 3.66. The summed E-state index contributed by atoms with van der Waals surface area (Å²) < 4.78 is 0. The normalized spacial score (nSPS) is 11.7. The maximum absolute atomic E-state index is 8.98. The minimum atomic E-state index is 0.0501. The van der Waals surface area contributed by atoms with Gasteiger partial charge in [-0.05, 0) is 35.7 Å². The lowest BCUT2D eigenvalue weighted by Crippen LogP contribution is -2.20. The van der Waals surface area contributed by atoms with Crippen molar-refractivity contribution in [1.82, 2.24) is 0 Å². The Morgan fingerprint density at radius 1 is 1.19 bits per heavy atom. The van der Waals surface area contributed by atoms with Crippen molar-refractivity contribution < 1.29 is 0 Å². The van der Waals surface area contributed by atoms with Crippen LogP contribution in [0.4, 0.5) is 5.69 Å². The zero-order valence-corrected chi connectivity index (χ0v) is 12.6. The van der Waals surface area contributed by atoms with Gasteiger partial charge in [-0.2, -0.15) is 5.26 Å². The van der Waals surface area contributed by atoms with Gasteiger partial charge in [0, 0.05) is 25.3 Å². The molecule has 0 saturated carbocycles. The number of para-hydroxylation sites is 1. The Morgan fingerprint density at radius 2 is 1.95 bits per heavy atom. The van der Waals surface area contributed by atoms with Crippen LogP contribution in [0.15, 0.2) is 48.5 Å². The summed E-state index contributed by atoms with van der Waals surface area (Å²) in [5, 5.41) is 8.98. The number of hydrogen-bond acceptors (Lipinski definition) is 3.